The molecule has 0 aliphatic carbocycles. The third-order valence-electron chi connectivity index (χ3n) is 5.91. The van der Waals surface area contributed by atoms with E-state index < -0.39 is 28.5 Å². The topological polar surface area (TPSA) is 96.0 Å². The largest absolute Gasteiger partial charge is 0.497 e. The number of ether oxygens (including phenoxy) is 1. The van der Waals surface area contributed by atoms with Gasteiger partial charge >= 0.3 is 0 Å². The predicted octanol–water partition coefficient (Wildman–Crippen LogP) is 5.14. The van der Waals surface area contributed by atoms with Crippen LogP contribution in [0, 0.1) is 0 Å². The van der Waals surface area contributed by atoms with E-state index in [1.54, 1.807) is 56.5 Å². The molecule has 0 spiro atoms. The molecule has 0 radical (unpaired) electrons. The molecule has 3 aromatic carbocycles. The van der Waals surface area contributed by atoms with Crippen LogP contribution in [0.25, 0.3) is 0 Å². The third kappa shape index (κ3) is 7.65. The van der Waals surface area contributed by atoms with Gasteiger partial charge in [-0.3, -0.25) is 13.9 Å². The van der Waals surface area contributed by atoms with Gasteiger partial charge in [0.1, 0.15) is 18.3 Å². The summed E-state index contributed by atoms with van der Waals surface area (Å²) in [6.07, 6.45) is 0. The number of methoxy groups -OCH3 is 1. The number of anilines is 1. The van der Waals surface area contributed by atoms with E-state index in [0.29, 0.717) is 5.75 Å². The number of sulfonamides is 1. The zero-order valence-electron chi connectivity index (χ0n) is 22.1. The highest BCUT2D eigenvalue weighted by Gasteiger charge is 2.32. The van der Waals surface area contributed by atoms with Crippen LogP contribution in [0.3, 0.4) is 0 Å². The van der Waals surface area contributed by atoms with E-state index in [1.807, 2.05) is 13.8 Å². The number of amides is 2. The number of benzene rings is 3. The first kappa shape index (κ1) is 30.3. The molecule has 39 heavy (non-hydrogen) atoms. The van der Waals surface area contributed by atoms with Crippen molar-refractivity contribution in [1.82, 2.24) is 10.2 Å². The third-order valence-corrected chi connectivity index (χ3v) is 8.44. The highest BCUT2D eigenvalue weighted by molar-refractivity contribution is 7.92. The van der Waals surface area contributed by atoms with Gasteiger partial charge in [0.15, 0.2) is 0 Å². The first-order chi connectivity index (χ1) is 18.4. The molecule has 0 aliphatic rings. The Morgan fingerprint density at radius 2 is 1.56 bits per heavy atom. The van der Waals surface area contributed by atoms with Gasteiger partial charge in [-0.15, -0.1) is 0 Å². The maximum atomic E-state index is 13.9. The first-order valence-electron chi connectivity index (χ1n) is 12.2. The molecule has 3 aromatic rings. The van der Waals surface area contributed by atoms with Gasteiger partial charge in [0.05, 0.1) is 27.7 Å². The van der Waals surface area contributed by atoms with E-state index in [4.69, 9.17) is 27.9 Å². The molecule has 0 saturated heterocycles. The van der Waals surface area contributed by atoms with Gasteiger partial charge in [-0.2, -0.15) is 0 Å². The minimum Gasteiger partial charge on any atom is -0.497 e. The Bertz CT molecular complexity index is 1400. The summed E-state index contributed by atoms with van der Waals surface area (Å²) >= 11 is 12.3. The average Bonchev–Trinajstić information content (AvgIpc) is 2.91. The number of hydrogen-bond acceptors (Lipinski definition) is 5. The van der Waals surface area contributed by atoms with E-state index in [1.165, 1.54) is 35.2 Å². The van der Waals surface area contributed by atoms with Crippen LogP contribution in [0.2, 0.25) is 10.0 Å². The molecule has 0 unspecified atom stereocenters. The summed E-state index contributed by atoms with van der Waals surface area (Å²) in [5.41, 5.74) is 0.894. The number of hydrogen-bond donors (Lipinski definition) is 1. The summed E-state index contributed by atoms with van der Waals surface area (Å²) in [6, 6.07) is 18.1. The Balaban J connectivity index is 2.03. The Kier molecular flexibility index (Phi) is 10.2. The molecule has 0 fully saturated rings. The number of nitrogens with zero attached hydrogens (tertiary/aromatic N) is 2. The van der Waals surface area contributed by atoms with Crippen LogP contribution in [0.15, 0.2) is 77.7 Å². The SMILES string of the molecule is COc1ccc(CN(C(=O)CN(c2ccc(Cl)c(Cl)c2)S(=O)(=O)c2ccccc2)[C@H](C)C(=O)NC(C)C)cc1. The van der Waals surface area contributed by atoms with Crippen molar-refractivity contribution in [3.8, 4) is 5.75 Å². The van der Waals surface area contributed by atoms with Crippen molar-refractivity contribution >= 4 is 50.7 Å². The molecule has 3 rings (SSSR count). The zero-order valence-corrected chi connectivity index (χ0v) is 24.4. The smallest absolute Gasteiger partial charge is 0.264 e. The van der Waals surface area contributed by atoms with Gasteiger partial charge in [0.2, 0.25) is 11.8 Å². The number of carbonyl (C=O) groups excluding carboxylic acids is 2. The van der Waals surface area contributed by atoms with E-state index in [-0.39, 0.29) is 39.1 Å². The molecule has 1 N–H and O–H groups in total. The molecule has 2 amide bonds. The van der Waals surface area contributed by atoms with Gasteiger partial charge in [-0.05, 0) is 68.8 Å². The second-order valence-electron chi connectivity index (χ2n) is 9.13. The Morgan fingerprint density at radius 3 is 2.13 bits per heavy atom. The fraction of sp³-hybridized carbons (Fsp3) is 0.286. The summed E-state index contributed by atoms with van der Waals surface area (Å²) in [5, 5.41) is 3.19. The summed E-state index contributed by atoms with van der Waals surface area (Å²) in [6.45, 7) is 4.73. The van der Waals surface area contributed by atoms with Crippen molar-refractivity contribution in [3.63, 3.8) is 0 Å². The molecule has 0 aliphatic heterocycles. The van der Waals surface area contributed by atoms with Gasteiger partial charge in [-0.25, -0.2) is 8.42 Å². The Hall–Kier alpha value is -3.27. The minimum absolute atomic E-state index is 0.00354. The quantitative estimate of drug-likeness (QED) is 0.333. The molecule has 8 nitrogen and oxygen atoms in total. The number of nitrogens with one attached hydrogen (secondary N) is 1. The monoisotopic (exact) mass is 591 g/mol. The van der Waals surface area contributed by atoms with Gasteiger partial charge in [0.25, 0.3) is 10.0 Å². The molecule has 0 heterocycles. The summed E-state index contributed by atoms with van der Waals surface area (Å²) in [4.78, 5) is 28.2. The second kappa shape index (κ2) is 13.2. The van der Waals surface area contributed by atoms with Crippen molar-refractivity contribution in [3.05, 3.63) is 88.4 Å². The van der Waals surface area contributed by atoms with Crippen molar-refractivity contribution < 1.29 is 22.7 Å². The molecular weight excluding hydrogens is 561 g/mol. The minimum atomic E-state index is -4.19. The maximum absolute atomic E-state index is 13.9. The van der Waals surface area contributed by atoms with Crippen LogP contribution in [0.4, 0.5) is 5.69 Å². The van der Waals surface area contributed by atoms with Crippen molar-refractivity contribution in [2.45, 2.75) is 44.3 Å². The van der Waals surface area contributed by atoms with E-state index in [0.717, 1.165) is 9.87 Å². The summed E-state index contributed by atoms with van der Waals surface area (Å²) in [5.74, 6) is -0.302. The molecule has 1 atom stereocenters. The normalized spacial score (nSPS) is 12.1. The standard InChI is InChI=1S/C28H31Cl2N3O5S/c1-19(2)31-28(35)20(3)32(17-21-10-13-23(38-4)14-11-21)27(34)18-33(22-12-15-25(29)26(30)16-22)39(36,37)24-8-6-5-7-9-24/h5-16,19-20H,17-18H2,1-4H3,(H,31,35)/t20-/m1/s1. The van der Waals surface area contributed by atoms with Crippen LogP contribution >= 0.6 is 23.2 Å². The predicted molar refractivity (Wildman–Crippen MR) is 154 cm³/mol. The lowest BCUT2D eigenvalue weighted by Crippen LogP contribution is -2.52. The maximum Gasteiger partial charge on any atom is 0.264 e. The lowest BCUT2D eigenvalue weighted by atomic mass is 10.1. The van der Waals surface area contributed by atoms with Crippen molar-refractivity contribution in [2.24, 2.45) is 0 Å². The molecule has 208 valence electrons. The Morgan fingerprint density at radius 1 is 0.923 bits per heavy atom. The average molecular weight is 593 g/mol. The Labute approximate surface area is 239 Å². The molecule has 11 heteroatoms. The van der Waals surface area contributed by atoms with Crippen LogP contribution in [0.1, 0.15) is 26.3 Å². The van der Waals surface area contributed by atoms with Gasteiger partial charge in [-0.1, -0.05) is 53.5 Å². The number of rotatable bonds is 11. The first-order valence-corrected chi connectivity index (χ1v) is 14.4. The highest BCUT2D eigenvalue weighted by atomic mass is 35.5. The lowest BCUT2D eigenvalue weighted by molar-refractivity contribution is -0.139. The van der Waals surface area contributed by atoms with Gasteiger partial charge in [0, 0.05) is 12.6 Å². The lowest BCUT2D eigenvalue weighted by Gasteiger charge is -2.32. The highest BCUT2D eigenvalue weighted by Crippen LogP contribution is 2.31. The van der Waals surface area contributed by atoms with Gasteiger partial charge < -0.3 is 15.0 Å². The molecule has 0 aromatic heterocycles. The summed E-state index contributed by atoms with van der Waals surface area (Å²) in [7, 11) is -2.64. The molecule has 0 bridgehead atoms. The fourth-order valence-electron chi connectivity index (χ4n) is 3.80. The van der Waals surface area contributed by atoms with Crippen LogP contribution in [-0.4, -0.2) is 50.9 Å². The fourth-order valence-corrected chi connectivity index (χ4v) is 5.52. The van der Waals surface area contributed by atoms with Crippen LogP contribution < -0.4 is 14.4 Å². The van der Waals surface area contributed by atoms with E-state index in [2.05, 4.69) is 5.32 Å². The van der Waals surface area contributed by atoms with Crippen molar-refractivity contribution in [1.29, 1.82) is 0 Å². The number of carbonyl (C=O) groups is 2. The van der Waals surface area contributed by atoms with Crippen LogP contribution in [-0.2, 0) is 26.2 Å². The summed E-state index contributed by atoms with van der Waals surface area (Å²) < 4.78 is 33.7. The second-order valence-corrected chi connectivity index (χ2v) is 11.8. The zero-order chi connectivity index (χ0) is 28.7. The molecule has 0 saturated carbocycles. The number of halogens is 2. The van der Waals surface area contributed by atoms with E-state index in [9.17, 15) is 18.0 Å². The van der Waals surface area contributed by atoms with Crippen LogP contribution in [0.5, 0.6) is 5.75 Å². The van der Waals surface area contributed by atoms with Crippen molar-refractivity contribution in [2.75, 3.05) is 18.0 Å². The van der Waals surface area contributed by atoms with E-state index >= 15 is 0 Å². The molecular formula is C28H31Cl2N3O5S.